The first-order chi connectivity index (χ1) is 6.65. The van der Waals surface area contributed by atoms with E-state index in [1.165, 1.54) is 0 Å². The van der Waals surface area contributed by atoms with Crippen LogP contribution >= 0.6 is 27.5 Å². The fourth-order valence-corrected chi connectivity index (χ4v) is 1.43. The number of hydrogen-bond acceptors (Lipinski definition) is 1. The summed E-state index contributed by atoms with van der Waals surface area (Å²) in [5.41, 5.74) is 1.51. The van der Waals surface area contributed by atoms with E-state index in [0.717, 1.165) is 5.56 Å². The van der Waals surface area contributed by atoms with Crippen molar-refractivity contribution in [2.75, 3.05) is 5.32 Å². The molecule has 1 amide bonds. The van der Waals surface area contributed by atoms with Crippen LogP contribution in [0.15, 0.2) is 18.2 Å². The van der Waals surface area contributed by atoms with Crippen LogP contribution in [0.4, 0.5) is 5.69 Å². The second-order valence-electron chi connectivity index (χ2n) is 2.61. The highest BCUT2D eigenvalue weighted by molar-refractivity contribution is 9.12. The van der Waals surface area contributed by atoms with Gasteiger partial charge in [-0.25, -0.2) is 0 Å². The molecule has 0 aliphatic rings. The maximum absolute atomic E-state index is 11.1. The molecule has 0 spiro atoms. The number of benzene rings is 1. The number of anilines is 1. The Morgan fingerprint density at radius 3 is 2.86 bits per heavy atom. The SMILES string of the molecule is Cc1cccc(Cl)c1NC(=O)C#CBr. The van der Waals surface area contributed by atoms with Gasteiger partial charge in [0, 0.05) is 21.9 Å². The largest absolute Gasteiger partial charge is 0.313 e. The highest BCUT2D eigenvalue weighted by atomic mass is 79.9. The molecule has 0 aromatic heterocycles. The Labute approximate surface area is 95.8 Å². The van der Waals surface area contributed by atoms with Gasteiger partial charge in [-0.1, -0.05) is 23.7 Å². The van der Waals surface area contributed by atoms with E-state index in [2.05, 4.69) is 32.0 Å². The minimum atomic E-state index is -0.391. The minimum Gasteiger partial charge on any atom is -0.313 e. The number of carbonyl (C=O) groups is 1. The van der Waals surface area contributed by atoms with Crippen molar-refractivity contribution in [1.82, 2.24) is 0 Å². The van der Waals surface area contributed by atoms with Crippen LogP contribution in [0.2, 0.25) is 5.02 Å². The first-order valence-corrected chi connectivity index (χ1v) is 5.00. The van der Waals surface area contributed by atoms with Gasteiger partial charge >= 0.3 is 5.91 Å². The molecule has 2 nitrogen and oxygen atoms in total. The number of nitrogens with one attached hydrogen (secondary N) is 1. The maximum Gasteiger partial charge on any atom is 0.301 e. The number of para-hydroxylation sites is 1. The summed E-state index contributed by atoms with van der Waals surface area (Å²) in [6.45, 7) is 1.86. The minimum absolute atomic E-state index is 0.391. The average molecular weight is 273 g/mol. The van der Waals surface area contributed by atoms with Gasteiger partial charge in [-0.15, -0.1) is 0 Å². The van der Waals surface area contributed by atoms with E-state index < -0.39 is 5.91 Å². The average Bonchev–Trinajstić information content (AvgIpc) is 2.12. The lowest BCUT2D eigenvalue weighted by atomic mass is 10.2. The fraction of sp³-hybridized carbons (Fsp3) is 0.100. The van der Waals surface area contributed by atoms with Crippen LogP contribution in [0.3, 0.4) is 0 Å². The van der Waals surface area contributed by atoms with Crippen molar-refractivity contribution in [2.45, 2.75) is 6.92 Å². The van der Waals surface area contributed by atoms with Gasteiger partial charge in [0.25, 0.3) is 0 Å². The molecule has 1 N–H and O–H groups in total. The van der Waals surface area contributed by atoms with E-state index in [-0.39, 0.29) is 0 Å². The lowest BCUT2D eigenvalue weighted by Crippen LogP contribution is -2.09. The Morgan fingerprint density at radius 1 is 1.57 bits per heavy atom. The molecule has 0 bridgehead atoms. The third-order valence-corrected chi connectivity index (χ3v) is 2.13. The molecule has 0 heterocycles. The maximum atomic E-state index is 11.1. The Hall–Kier alpha value is -0.980. The molecular formula is C10H7BrClNO. The van der Waals surface area contributed by atoms with Gasteiger partial charge in [-0.2, -0.15) is 0 Å². The van der Waals surface area contributed by atoms with Crippen LogP contribution in [0.25, 0.3) is 0 Å². The van der Waals surface area contributed by atoms with Crippen molar-refractivity contribution in [1.29, 1.82) is 0 Å². The molecule has 0 aliphatic heterocycles. The van der Waals surface area contributed by atoms with E-state index in [0.29, 0.717) is 10.7 Å². The van der Waals surface area contributed by atoms with Crippen LogP contribution in [0.1, 0.15) is 5.56 Å². The van der Waals surface area contributed by atoms with E-state index in [9.17, 15) is 4.79 Å². The van der Waals surface area contributed by atoms with Gasteiger partial charge in [0.15, 0.2) is 0 Å². The predicted molar refractivity (Wildman–Crippen MR) is 61.5 cm³/mol. The van der Waals surface area contributed by atoms with Crippen LogP contribution in [0, 0.1) is 17.7 Å². The summed E-state index contributed by atoms with van der Waals surface area (Å²) in [7, 11) is 0. The fourth-order valence-electron chi connectivity index (χ4n) is 0.978. The monoisotopic (exact) mass is 271 g/mol. The molecule has 0 unspecified atom stereocenters. The van der Waals surface area contributed by atoms with Gasteiger partial charge in [-0.05, 0) is 23.4 Å². The molecule has 0 aliphatic carbocycles. The van der Waals surface area contributed by atoms with Crippen LogP contribution in [-0.4, -0.2) is 5.91 Å². The highest BCUT2D eigenvalue weighted by Crippen LogP contribution is 2.24. The van der Waals surface area contributed by atoms with Crippen LogP contribution in [-0.2, 0) is 4.79 Å². The number of halogens is 2. The summed E-state index contributed by atoms with van der Waals surface area (Å²) in [6.07, 6.45) is 0. The topological polar surface area (TPSA) is 29.1 Å². The van der Waals surface area contributed by atoms with Gasteiger partial charge < -0.3 is 5.32 Å². The number of hydrogen-bond donors (Lipinski definition) is 1. The predicted octanol–water partition coefficient (Wildman–Crippen LogP) is 2.94. The lowest BCUT2D eigenvalue weighted by Gasteiger charge is -2.06. The standard InChI is InChI=1S/C10H7BrClNO/c1-7-3-2-4-8(12)10(7)13-9(14)5-6-11/h2-4H,1H3,(H,13,14). The molecule has 0 fully saturated rings. The molecule has 1 aromatic rings. The number of carbonyl (C=O) groups excluding carboxylic acids is 1. The van der Waals surface area contributed by atoms with Crippen molar-refractivity contribution >= 4 is 39.1 Å². The summed E-state index contributed by atoms with van der Waals surface area (Å²) in [6, 6.07) is 5.40. The van der Waals surface area contributed by atoms with Gasteiger partial charge in [0.2, 0.25) is 0 Å². The van der Waals surface area contributed by atoms with Crippen molar-refractivity contribution in [3.05, 3.63) is 28.8 Å². The molecule has 14 heavy (non-hydrogen) atoms. The Morgan fingerprint density at radius 2 is 2.29 bits per heavy atom. The van der Waals surface area contributed by atoms with Crippen molar-refractivity contribution in [2.24, 2.45) is 0 Å². The summed E-state index contributed by atoms with van der Waals surface area (Å²) in [5, 5.41) is 3.11. The van der Waals surface area contributed by atoms with E-state index in [1.807, 2.05) is 19.1 Å². The molecule has 0 saturated heterocycles. The molecule has 4 heteroatoms. The van der Waals surface area contributed by atoms with Crippen molar-refractivity contribution < 1.29 is 4.79 Å². The van der Waals surface area contributed by atoms with E-state index in [1.54, 1.807) is 6.07 Å². The van der Waals surface area contributed by atoms with Crippen LogP contribution < -0.4 is 5.32 Å². The molecular weight excluding hydrogens is 265 g/mol. The smallest absolute Gasteiger partial charge is 0.301 e. The summed E-state index contributed by atoms with van der Waals surface area (Å²) in [5.74, 6) is 1.92. The molecule has 0 radical (unpaired) electrons. The number of amides is 1. The molecule has 1 aromatic carbocycles. The van der Waals surface area contributed by atoms with Crippen molar-refractivity contribution in [3.8, 4) is 10.8 Å². The zero-order valence-corrected chi connectivity index (χ0v) is 9.74. The normalized spacial score (nSPS) is 8.79. The van der Waals surface area contributed by atoms with E-state index >= 15 is 0 Å². The van der Waals surface area contributed by atoms with E-state index in [4.69, 9.17) is 11.6 Å². The third-order valence-electron chi connectivity index (χ3n) is 1.62. The van der Waals surface area contributed by atoms with Gasteiger partial charge in [0.1, 0.15) is 0 Å². The van der Waals surface area contributed by atoms with Crippen LogP contribution in [0.5, 0.6) is 0 Å². The third kappa shape index (κ3) is 2.76. The second-order valence-corrected chi connectivity index (χ2v) is 3.41. The molecule has 72 valence electrons. The number of aryl methyl sites for hydroxylation is 1. The highest BCUT2D eigenvalue weighted by Gasteiger charge is 2.05. The Bertz CT molecular complexity index is 400. The zero-order chi connectivity index (χ0) is 10.6. The first-order valence-electron chi connectivity index (χ1n) is 3.83. The molecule has 0 atom stereocenters. The molecule has 0 saturated carbocycles. The lowest BCUT2D eigenvalue weighted by molar-refractivity contribution is -0.111. The molecule has 1 rings (SSSR count). The quantitative estimate of drug-likeness (QED) is 0.783. The Balaban J connectivity index is 2.95. The second kappa shape index (κ2) is 5.04. The summed E-state index contributed by atoms with van der Waals surface area (Å²) >= 11 is 8.74. The van der Waals surface area contributed by atoms with Crippen molar-refractivity contribution in [3.63, 3.8) is 0 Å². The number of rotatable bonds is 1. The van der Waals surface area contributed by atoms with Gasteiger partial charge in [0.05, 0.1) is 10.7 Å². The Kier molecular flexibility index (Phi) is 3.99. The summed E-state index contributed by atoms with van der Waals surface area (Å²) < 4.78 is 0. The van der Waals surface area contributed by atoms with Gasteiger partial charge in [-0.3, -0.25) is 4.79 Å². The summed E-state index contributed by atoms with van der Waals surface area (Å²) in [4.78, 5) is 13.5. The first kappa shape index (κ1) is 11.1. The zero-order valence-electron chi connectivity index (χ0n) is 7.40.